The van der Waals surface area contributed by atoms with Crippen LogP contribution in [0.15, 0.2) is 91.0 Å². The largest absolute Gasteiger partial charge is 0.309 e. The van der Waals surface area contributed by atoms with E-state index in [9.17, 15) is 8.78 Å². The highest BCUT2D eigenvalue weighted by Gasteiger charge is 2.16. The third-order valence-corrected chi connectivity index (χ3v) is 4.94. The number of hydrogen-bond acceptors (Lipinski definition) is 0. The monoisotopic (exact) mass is 355 g/mol. The van der Waals surface area contributed by atoms with Gasteiger partial charge in [0.1, 0.15) is 11.6 Å². The highest BCUT2D eigenvalue weighted by atomic mass is 19.1. The first-order valence-electron chi connectivity index (χ1n) is 8.77. The summed E-state index contributed by atoms with van der Waals surface area (Å²) in [6.45, 7) is 0. The van der Waals surface area contributed by atoms with Gasteiger partial charge < -0.3 is 4.57 Å². The molecule has 3 heteroatoms. The lowest BCUT2D eigenvalue weighted by molar-refractivity contribution is 0.603. The zero-order chi connectivity index (χ0) is 18.4. The minimum atomic E-state index is -0.455. The predicted molar refractivity (Wildman–Crippen MR) is 106 cm³/mol. The highest BCUT2D eigenvalue weighted by Crippen LogP contribution is 2.36. The van der Waals surface area contributed by atoms with E-state index < -0.39 is 11.6 Å². The molecular formula is C24H15F2N. The summed E-state index contributed by atoms with van der Waals surface area (Å²) in [5, 5.41) is 2.25. The Hall–Kier alpha value is -3.46. The maximum Gasteiger partial charge on any atom is 0.131 e. The van der Waals surface area contributed by atoms with E-state index in [1.807, 2.05) is 60.7 Å². The minimum Gasteiger partial charge on any atom is -0.309 e. The van der Waals surface area contributed by atoms with Crippen molar-refractivity contribution in [1.29, 1.82) is 0 Å². The van der Waals surface area contributed by atoms with Crippen LogP contribution in [0.2, 0.25) is 0 Å². The maximum atomic E-state index is 14.5. The SMILES string of the molecule is Fc1ccc(F)c(-c2ccccc2-n2c3ccccc3c3ccccc32)c1. The topological polar surface area (TPSA) is 4.93 Å². The minimum absolute atomic E-state index is 0.257. The van der Waals surface area contributed by atoms with Crippen molar-refractivity contribution >= 4 is 21.8 Å². The molecule has 1 heterocycles. The van der Waals surface area contributed by atoms with Crippen LogP contribution in [0.4, 0.5) is 8.78 Å². The molecule has 1 aromatic heterocycles. The molecule has 1 nitrogen and oxygen atoms in total. The van der Waals surface area contributed by atoms with E-state index >= 15 is 0 Å². The molecule has 4 aromatic carbocycles. The van der Waals surface area contributed by atoms with Crippen LogP contribution in [0.1, 0.15) is 0 Å². The third kappa shape index (κ3) is 2.43. The molecule has 0 amide bonds. The molecule has 27 heavy (non-hydrogen) atoms. The molecule has 0 fully saturated rings. The number of aromatic nitrogens is 1. The van der Waals surface area contributed by atoms with Crippen molar-refractivity contribution in [2.24, 2.45) is 0 Å². The van der Waals surface area contributed by atoms with Crippen LogP contribution >= 0.6 is 0 Å². The summed E-state index contributed by atoms with van der Waals surface area (Å²) in [6.07, 6.45) is 0. The van der Waals surface area contributed by atoms with Crippen LogP contribution in [0.3, 0.4) is 0 Å². The fourth-order valence-electron chi connectivity index (χ4n) is 3.78. The maximum absolute atomic E-state index is 14.5. The summed E-state index contributed by atoms with van der Waals surface area (Å²) in [5.74, 6) is -0.895. The third-order valence-electron chi connectivity index (χ3n) is 4.94. The van der Waals surface area contributed by atoms with E-state index in [2.05, 4.69) is 16.7 Å². The zero-order valence-corrected chi connectivity index (χ0v) is 14.4. The van der Waals surface area contributed by atoms with Gasteiger partial charge in [-0.1, -0.05) is 54.6 Å². The molecule has 0 radical (unpaired) electrons. The first kappa shape index (κ1) is 15.8. The van der Waals surface area contributed by atoms with Crippen molar-refractivity contribution in [3.63, 3.8) is 0 Å². The van der Waals surface area contributed by atoms with E-state index in [1.54, 1.807) is 0 Å². The number of benzene rings is 4. The van der Waals surface area contributed by atoms with Crippen molar-refractivity contribution in [2.45, 2.75) is 0 Å². The smallest absolute Gasteiger partial charge is 0.131 e. The van der Waals surface area contributed by atoms with Crippen LogP contribution in [0.25, 0.3) is 38.6 Å². The zero-order valence-electron chi connectivity index (χ0n) is 14.4. The van der Waals surface area contributed by atoms with Gasteiger partial charge in [-0.25, -0.2) is 8.78 Å². The lowest BCUT2D eigenvalue weighted by Gasteiger charge is -2.14. The summed E-state index contributed by atoms with van der Waals surface area (Å²) >= 11 is 0. The Bertz CT molecular complexity index is 1250. The van der Waals surface area contributed by atoms with Gasteiger partial charge in [0.05, 0.1) is 16.7 Å². The van der Waals surface area contributed by atoms with Gasteiger partial charge in [-0.15, -0.1) is 0 Å². The van der Waals surface area contributed by atoms with E-state index in [1.165, 1.54) is 12.1 Å². The Labute approximate surface area is 155 Å². The Morgan fingerprint density at radius 3 is 1.85 bits per heavy atom. The molecule has 0 bridgehead atoms. The summed E-state index contributed by atoms with van der Waals surface area (Å²) in [6, 6.07) is 27.4. The second-order valence-electron chi connectivity index (χ2n) is 6.51. The first-order valence-corrected chi connectivity index (χ1v) is 8.77. The van der Waals surface area contributed by atoms with Crippen LogP contribution in [-0.2, 0) is 0 Å². The standard InChI is InChI=1S/C24H15F2N/c25-16-13-14-21(26)20(15-16)19-9-3-6-12-24(19)27-22-10-4-1-7-17(22)18-8-2-5-11-23(18)27/h1-15H. The van der Waals surface area contributed by atoms with Gasteiger partial charge in [0.2, 0.25) is 0 Å². The molecule has 0 aliphatic rings. The van der Waals surface area contributed by atoms with E-state index in [-0.39, 0.29) is 5.56 Å². The Kier molecular flexibility index (Phi) is 3.54. The fraction of sp³-hybridized carbons (Fsp3) is 0. The van der Waals surface area contributed by atoms with Gasteiger partial charge in [0.15, 0.2) is 0 Å². The van der Waals surface area contributed by atoms with Crippen LogP contribution < -0.4 is 0 Å². The molecule has 0 N–H and O–H groups in total. The Morgan fingerprint density at radius 1 is 0.556 bits per heavy atom. The number of nitrogens with zero attached hydrogens (tertiary/aromatic N) is 1. The van der Waals surface area contributed by atoms with Crippen molar-refractivity contribution in [3.8, 4) is 16.8 Å². The normalized spacial score (nSPS) is 11.3. The van der Waals surface area contributed by atoms with E-state index in [0.717, 1.165) is 33.6 Å². The predicted octanol–water partition coefficient (Wildman–Crippen LogP) is 6.73. The number of para-hydroxylation sites is 3. The van der Waals surface area contributed by atoms with Crippen LogP contribution in [0.5, 0.6) is 0 Å². The average Bonchev–Trinajstić information content (AvgIpc) is 3.04. The first-order chi connectivity index (χ1) is 13.2. The van der Waals surface area contributed by atoms with Gasteiger partial charge >= 0.3 is 0 Å². The number of hydrogen-bond donors (Lipinski definition) is 0. The van der Waals surface area contributed by atoms with Crippen LogP contribution in [-0.4, -0.2) is 4.57 Å². The quantitative estimate of drug-likeness (QED) is 0.331. The van der Waals surface area contributed by atoms with Gasteiger partial charge in [-0.05, 0) is 36.4 Å². The molecule has 0 aliphatic heterocycles. The van der Waals surface area contributed by atoms with Crippen molar-refractivity contribution < 1.29 is 8.78 Å². The van der Waals surface area contributed by atoms with E-state index in [4.69, 9.17) is 0 Å². The van der Waals surface area contributed by atoms with Crippen molar-refractivity contribution in [3.05, 3.63) is 103 Å². The molecule has 0 saturated carbocycles. The lowest BCUT2D eigenvalue weighted by atomic mass is 10.0. The molecule has 130 valence electrons. The number of fused-ring (bicyclic) bond motifs is 3. The summed E-state index contributed by atoms with van der Waals surface area (Å²) in [7, 11) is 0. The molecule has 0 saturated heterocycles. The van der Waals surface area contributed by atoms with Gasteiger partial charge in [0, 0.05) is 21.9 Å². The number of rotatable bonds is 2. The molecule has 0 atom stereocenters. The van der Waals surface area contributed by atoms with Gasteiger partial charge in [-0.3, -0.25) is 0 Å². The average molecular weight is 355 g/mol. The molecule has 0 spiro atoms. The van der Waals surface area contributed by atoms with Gasteiger partial charge in [0.25, 0.3) is 0 Å². The summed E-state index contributed by atoms with van der Waals surface area (Å²) in [5.41, 5.74) is 3.79. The molecular weight excluding hydrogens is 340 g/mol. The molecule has 5 aromatic rings. The Balaban J connectivity index is 1.91. The second kappa shape index (κ2) is 6.06. The summed E-state index contributed by atoms with van der Waals surface area (Å²) < 4.78 is 30.5. The Morgan fingerprint density at radius 2 is 1.15 bits per heavy atom. The lowest BCUT2D eigenvalue weighted by Crippen LogP contribution is -1.98. The van der Waals surface area contributed by atoms with Gasteiger partial charge in [-0.2, -0.15) is 0 Å². The van der Waals surface area contributed by atoms with Crippen molar-refractivity contribution in [1.82, 2.24) is 4.57 Å². The summed E-state index contributed by atoms with van der Waals surface area (Å²) in [4.78, 5) is 0. The van der Waals surface area contributed by atoms with Crippen molar-refractivity contribution in [2.75, 3.05) is 0 Å². The van der Waals surface area contributed by atoms with E-state index in [0.29, 0.717) is 5.56 Å². The molecule has 0 unspecified atom stereocenters. The second-order valence-corrected chi connectivity index (χ2v) is 6.51. The molecule has 0 aliphatic carbocycles. The fourth-order valence-corrected chi connectivity index (χ4v) is 3.78. The van der Waals surface area contributed by atoms with Crippen LogP contribution in [0, 0.1) is 11.6 Å². The number of halogens is 2. The molecule has 5 rings (SSSR count). The highest BCUT2D eigenvalue weighted by molar-refractivity contribution is 6.09.